The number of benzene rings is 1. The van der Waals surface area contributed by atoms with Crippen molar-refractivity contribution in [3.05, 3.63) is 35.6 Å². The third-order valence-corrected chi connectivity index (χ3v) is 2.79. The van der Waals surface area contributed by atoms with Crippen molar-refractivity contribution >= 4 is 22.8 Å². The van der Waals surface area contributed by atoms with Gasteiger partial charge in [-0.3, -0.25) is 4.79 Å². The molecule has 0 fully saturated rings. The minimum Gasteiger partial charge on any atom is -0.475 e. The van der Waals surface area contributed by atoms with Crippen LogP contribution in [-0.4, -0.2) is 36.7 Å². The molecule has 1 aromatic heterocycles. The number of nitrogens with one attached hydrogen (secondary N) is 1. The Bertz CT molecular complexity index is 650. The number of ether oxygens (including phenoxy) is 1. The van der Waals surface area contributed by atoms with E-state index in [1.54, 1.807) is 6.07 Å². The molecular weight excluding hydrogens is 276 g/mol. The molecule has 7 nitrogen and oxygen atoms in total. The second-order valence-electron chi connectivity index (χ2n) is 4.48. The SMILES string of the molecule is NC(=O)COCCNCc1ccc2oc(C(=O)O)cc2c1. The van der Waals surface area contributed by atoms with E-state index >= 15 is 0 Å². The number of amides is 1. The maximum atomic E-state index is 10.8. The zero-order valence-corrected chi connectivity index (χ0v) is 11.3. The Morgan fingerprint density at radius 3 is 2.86 bits per heavy atom. The van der Waals surface area contributed by atoms with Gasteiger partial charge in [-0.05, 0) is 23.8 Å². The summed E-state index contributed by atoms with van der Waals surface area (Å²) >= 11 is 0. The highest BCUT2D eigenvalue weighted by Crippen LogP contribution is 2.20. The molecule has 0 unspecified atom stereocenters. The fourth-order valence-electron chi connectivity index (χ4n) is 1.86. The van der Waals surface area contributed by atoms with E-state index in [4.69, 9.17) is 20.0 Å². The number of nitrogens with two attached hydrogens (primary N) is 1. The number of hydrogen-bond donors (Lipinski definition) is 3. The smallest absolute Gasteiger partial charge is 0.371 e. The third-order valence-electron chi connectivity index (χ3n) is 2.79. The first-order valence-electron chi connectivity index (χ1n) is 6.39. The molecule has 0 aliphatic rings. The molecule has 0 aliphatic carbocycles. The summed E-state index contributed by atoms with van der Waals surface area (Å²) in [6.45, 7) is 1.49. The van der Waals surface area contributed by atoms with Gasteiger partial charge in [0.25, 0.3) is 0 Å². The fourth-order valence-corrected chi connectivity index (χ4v) is 1.86. The Morgan fingerprint density at radius 2 is 2.14 bits per heavy atom. The average molecular weight is 292 g/mol. The van der Waals surface area contributed by atoms with Gasteiger partial charge in [0, 0.05) is 18.5 Å². The van der Waals surface area contributed by atoms with Gasteiger partial charge in [0.15, 0.2) is 0 Å². The first-order valence-corrected chi connectivity index (χ1v) is 6.39. The van der Waals surface area contributed by atoms with Gasteiger partial charge < -0.3 is 25.3 Å². The summed E-state index contributed by atoms with van der Waals surface area (Å²) in [7, 11) is 0. The predicted molar refractivity (Wildman–Crippen MR) is 74.9 cm³/mol. The highest BCUT2D eigenvalue weighted by molar-refractivity contribution is 5.91. The van der Waals surface area contributed by atoms with Gasteiger partial charge in [-0.15, -0.1) is 0 Å². The van der Waals surface area contributed by atoms with Crippen LogP contribution in [0, 0.1) is 0 Å². The van der Waals surface area contributed by atoms with Gasteiger partial charge in [0.05, 0.1) is 6.61 Å². The number of aromatic carboxylic acids is 1. The Labute approximate surface area is 120 Å². The number of rotatable bonds is 8. The lowest BCUT2D eigenvalue weighted by molar-refractivity contribution is -0.122. The summed E-state index contributed by atoms with van der Waals surface area (Å²) in [5.41, 5.74) is 6.48. The van der Waals surface area contributed by atoms with E-state index < -0.39 is 11.9 Å². The van der Waals surface area contributed by atoms with Crippen molar-refractivity contribution < 1.29 is 23.8 Å². The number of carbonyl (C=O) groups excluding carboxylic acids is 1. The highest BCUT2D eigenvalue weighted by atomic mass is 16.5. The van der Waals surface area contributed by atoms with Crippen LogP contribution in [-0.2, 0) is 16.1 Å². The lowest BCUT2D eigenvalue weighted by Crippen LogP contribution is -2.23. The molecule has 1 aromatic carbocycles. The Balaban J connectivity index is 1.85. The molecule has 1 amide bonds. The first kappa shape index (κ1) is 15.0. The summed E-state index contributed by atoms with van der Waals surface area (Å²) in [6.07, 6.45) is 0. The van der Waals surface area contributed by atoms with Gasteiger partial charge in [-0.25, -0.2) is 4.79 Å². The quantitative estimate of drug-likeness (QED) is 0.618. The molecule has 2 rings (SSSR count). The van der Waals surface area contributed by atoms with E-state index in [1.807, 2.05) is 12.1 Å². The molecule has 0 saturated carbocycles. The van der Waals surface area contributed by atoms with Crippen LogP contribution in [0.2, 0.25) is 0 Å². The van der Waals surface area contributed by atoms with Crippen LogP contribution >= 0.6 is 0 Å². The molecule has 0 atom stereocenters. The minimum atomic E-state index is -1.09. The van der Waals surface area contributed by atoms with E-state index in [2.05, 4.69) is 5.32 Å². The Kier molecular flexibility index (Phi) is 4.91. The van der Waals surface area contributed by atoms with Crippen LogP contribution in [0.4, 0.5) is 0 Å². The second-order valence-corrected chi connectivity index (χ2v) is 4.48. The molecule has 1 heterocycles. The summed E-state index contributed by atoms with van der Waals surface area (Å²) < 4.78 is 10.2. The van der Waals surface area contributed by atoms with E-state index in [1.165, 1.54) is 6.07 Å². The maximum absolute atomic E-state index is 10.8. The highest BCUT2D eigenvalue weighted by Gasteiger charge is 2.10. The molecule has 0 bridgehead atoms. The standard InChI is InChI=1S/C14H16N2O5/c15-13(17)8-20-4-3-16-7-9-1-2-11-10(5-9)6-12(21-11)14(18)19/h1-2,5-6,16H,3-4,7-8H2,(H2,15,17)(H,18,19). The normalized spacial score (nSPS) is 10.9. The van der Waals surface area contributed by atoms with Crippen LogP contribution in [0.5, 0.6) is 0 Å². The van der Waals surface area contributed by atoms with Gasteiger partial charge in [0.1, 0.15) is 12.2 Å². The average Bonchev–Trinajstić information content (AvgIpc) is 2.85. The number of carboxylic acids is 1. The van der Waals surface area contributed by atoms with Gasteiger partial charge in [-0.1, -0.05) is 6.07 Å². The lowest BCUT2D eigenvalue weighted by atomic mass is 10.1. The number of primary amides is 1. The summed E-state index contributed by atoms with van der Waals surface area (Å²) in [5, 5.41) is 12.8. The van der Waals surface area contributed by atoms with Crippen LogP contribution in [0.1, 0.15) is 16.1 Å². The zero-order chi connectivity index (χ0) is 15.2. The zero-order valence-electron chi connectivity index (χ0n) is 11.3. The van der Waals surface area contributed by atoms with Crippen molar-refractivity contribution in [3.8, 4) is 0 Å². The molecule has 0 aliphatic heterocycles. The molecule has 21 heavy (non-hydrogen) atoms. The van der Waals surface area contributed by atoms with E-state index in [0.717, 1.165) is 10.9 Å². The molecule has 0 saturated heterocycles. The Morgan fingerprint density at radius 1 is 1.33 bits per heavy atom. The second kappa shape index (κ2) is 6.87. The van der Waals surface area contributed by atoms with Crippen LogP contribution in [0.3, 0.4) is 0 Å². The monoisotopic (exact) mass is 292 g/mol. The van der Waals surface area contributed by atoms with Gasteiger partial charge >= 0.3 is 5.97 Å². The van der Waals surface area contributed by atoms with Crippen LogP contribution < -0.4 is 11.1 Å². The topological polar surface area (TPSA) is 115 Å². The largest absolute Gasteiger partial charge is 0.475 e. The van der Waals surface area contributed by atoms with Gasteiger partial charge in [-0.2, -0.15) is 0 Å². The number of furan rings is 1. The van der Waals surface area contributed by atoms with E-state index in [0.29, 0.717) is 25.3 Å². The number of carbonyl (C=O) groups is 2. The molecule has 0 radical (unpaired) electrons. The molecule has 7 heteroatoms. The van der Waals surface area contributed by atoms with Crippen molar-refractivity contribution in [2.45, 2.75) is 6.54 Å². The molecule has 2 aromatic rings. The number of fused-ring (bicyclic) bond motifs is 1. The lowest BCUT2D eigenvalue weighted by Gasteiger charge is -2.05. The summed E-state index contributed by atoms with van der Waals surface area (Å²) in [5.74, 6) is -1.65. The van der Waals surface area contributed by atoms with E-state index in [9.17, 15) is 9.59 Å². The minimum absolute atomic E-state index is 0.0741. The first-order chi connectivity index (χ1) is 10.1. The Hall–Kier alpha value is -2.38. The molecule has 112 valence electrons. The summed E-state index contributed by atoms with van der Waals surface area (Å²) in [6, 6.07) is 6.96. The third kappa shape index (κ3) is 4.30. The van der Waals surface area contributed by atoms with Crippen molar-refractivity contribution in [3.63, 3.8) is 0 Å². The molecule has 4 N–H and O–H groups in total. The van der Waals surface area contributed by atoms with Crippen LogP contribution in [0.15, 0.2) is 28.7 Å². The maximum Gasteiger partial charge on any atom is 0.371 e. The van der Waals surface area contributed by atoms with E-state index in [-0.39, 0.29) is 12.4 Å². The van der Waals surface area contributed by atoms with Crippen molar-refractivity contribution in [1.82, 2.24) is 5.32 Å². The van der Waals surface area contributed by atoms with Crippen LogP contribution in [0.25, 0.3) is 11.0 Å². The number of hydrogen-bond acceptors (Lipinski definition) is 5. The molecular formula is C14H16N2O5. The number of carboxylic acid groups (broad SMARTS) is 1. The van der Waals surface area contributed by atoms with Crippen molar-refractivity contribution in [2.24, 2.45) is 5.73 Å². The fraction of sp³-hybridized carbons (Fsp3) is 0.286. The molecule has 0 spiro atoms. The van der Waals surface area contributed by atoms with Crippen molar-refractivity contribution in [1.29, 1.82) is 0 Å². The van der Waals surface area contributed by atoms with Gasteiger partial charge in [0.2, 0.25) is 11.7 Å². The summed E-state index contributed by atoms with van der Waals surface area (Å²) in [4.78, 5) is 21.3. The predicted octanol–water partition coefficient (Wildman–Crippen LogP) is 0.723. The van der Waals surface area contributed by atoms with Crippen molar-refractivity contribution in [2.75, 3.05) is 19.8 Å².